The summed E-state index contributed by atoms with van der Waals surface area (Å²) in [5.74, 6) is 1.96. The number of hydrogen-bond donors (Lipinski definition) is 1. The number of anilines is 1. The zero-order valence-electron chi connectivity index (χ0n) is 12.3. The lowest BCUT2D eigenvalue weighted by atomic mass is 10.1. The molecule has 1 aliphatic carbocycles. The molecule has 0 radical (unpaired) electrons. The van der Waals surface area contributed by atoms with Crippen LogP contribution in [0.15, 0.2) is 0 Å². The van der Waals surface area contributed by atoms with Crippen molar-refractivity contribution in [3.63, 3.8) is 0 Å². The summed E-state index contributed by atoms with van der Waals surface area (Å²) in [4.78, 5) is 9.48. The molecule has 0 aromatic carbocycles. The first kappa shape index (κ1) is 14.3. The Morgan fingerprint density at radius 2 is 2.00 bits per heavy atom. The monoisotopic (exact) mass is 263 g/mol. The van der Waals surface area contributed by atoms with Crippen LogP contribution in [-0.4, -0.2) is 29.7 Å². The van der Waals surface area contributed by atoms with Gasteiger partial charge in [0.25, 0.3) is 0 Å². The van der Waals surface area contributed by atoms with Crippen LogP contribution in [-0.2, 0) is 24.0 Å². The first-order chi connectivity index (χ1) is 9.24. The van der Waals surface area contributed by atoms with E-state index >= 15 is 0 Å². The smallest absolute Gasteiger partial charge is 0.133 e. The quantitative estimate of drug-likeness (QED) is 0.830. The third-order valence-electron chi connectivity index (χ3n) is 3.70. The SMILES string of the molecule is CCNc1nc(CC(C)OC)nc2c1CCCCC2. The van der Waals surface area contributed by atoms with Gasteiger partial charge < -0.3 is 10.1 Å². The van der Waals surface area contributed by atoms with Gasteiger partial charge in [0.05, 0.1) is 6.10 Å². The van der Waals surface area contributed by atoms with Crippen molar-refractivity contribution in [1.29, 1.82) is 0 Å². The minimum atomic E-state index is 0.165. The maximum atomic E-state index is 5.32. The number of methoxy groups -OCH3 is 1. The molecule has 1 heterocycles. The lowest BCUT2D eigenvalue weighted by molar-refractivity contribution is 0.117. The molecule has 1 unspecified atom stereocenters. The summed E-state index contributed by atoms with van der Waals surface area (Å²) in [6.07, 6.45) is 6.94. The lowest BCUT2D eigenvalue weighted by Crippen LogP contribution is -2.16. The van der Waals surface area contributed by atoms with Crippen molar-refractivity contribution in [2.45, 2.75) is 58.5 Å². The van der Waals surface area contributed by atoms with Gasteiger partial charge in [0.15, 0.2) is 0 Å². The number of hydrogen-bond acceptors (Lipinski definition) is 4. The van der Waals surface area contributed by atoms with E-state index in [2.05, 4.69) is 19.2 Å². The van der Waals surface area contributed by atoms with Gasteiger partial charge in [0.2, 0.25) is 0 Å². The second-order valence-corrected chi connectivity index (χ2v) is 5.26. The molecule has 1 aliphatic rings. The van der Waals surface area contributed by atoms with Gasteiger partial charge in [-0.1, -0.05) is 6.42 Å². The van der Waals surface area contributed by atoms with E-state index in [0.717, 1.165) is 37.4 Å². The molecule has 1 aromatic rings. The summed E-state index contributed by atoms with van der Waals surface area (Å²) in [5.41, 5.74) is 2.59. The van der Waals surface area contributed by atoms with E-state index in [1.807, 2.05) is 0 Å². The number of aromatic nitrogens is 2. The van der Waals surface area contributed by atoms with Crippen molar-refractivity contribution in [3.8, 4) is 0 Å². The Labute approximate surface area is 116 Å². The molecule has 0 bridgehead atoms. The summed E-state index contributed by atoms with van der Waals surface area (Å²) in [6.45, 7) is 5.08. The van der Waals surface area contributed by atoms with Crippen LogP contribution in [0.25, 0.3) is 0 Å². The van der Waals surface area contributed by atoms with E-state index in [1.165, 1.54) is 30.5 Å². The molecule has 0 aliphatic heterocycles. The molecule has 19 heavy (non-hydrogen) atoms. The van der Waals surface area contributed by atoms with E-state index < -0.39 is 0 Å². The molecule has 1 aromatic heterocycles. The molecular formula is C15H25N3O. The largest absolute Gasteiger partial charge is 0.381 e. The zero-order valence-corrected chi connectivity index (χ0v) is 12.3. The average Bonchev–Trinajstić information content (AvgIpc) is 2.64. The highest BCUT2D eigenvalue weighted by Gasteiger charge is 2.17. The average molecular weight is 263 g/mol. The molecule has 0 amide bonds. The van der Waals surface area contributed by atoms with Gasteiger partial charge in [0.1, 0.15) is 11.6 Å². The summed E-state index contributed by atoms with van der Waals surface area (Å²) in [7, 11) is 1.74. The Morgan fingerprint density at radius 3 is 2.74 bits per heavy atom. The number of fused-ring (bicyclic) bond motifs is 1. The molecule has 0 saturated heterocycles. The Morgan fingerprint density at radius 1 is 1.21 bits per heavy atom. The van der Waals surface area contributed by atoms with Crippen LogP contribution in [0.5, 0.6) is 0 Å². The highest BCUT2D eigenvalue weighted by Crippen LogP contribution is 2.25. The van der Waals surface area contributed by atoms with E-state index in [4.69, 9.17) is 14.7 Å². The van der Waals surface area contributed by atoms with Crippen molar-refractivity contribution >= 4 is 5.82 Å². The molecule has 0 spiro atoms. The number of aryl methyl sites for hydroxylation is 1. The second kappa shape index (κ2) is 6.85. The number of nitrogens with one attached hydrogen (secondary N) is 1. The maximum Gasteiger partial charge on any atom is 0.133 e. The van der Waals surface area contributed by atoms with Crippen molar-refractivity contribution in [2.24, 2.45) is 0 Å². The fraction of sp³-hybridized carbons (Fsp3) is 0.733. The highest BCUT2D eigenvalue weighted by atomic mass is 16.5. The van der Waals surface area contributed by atoms with Gasteiger partial charge in [-0.3, -0.25) is 0 Å². The van der Waals surface area contributed by atoms with Crippen molar-refractivity contribution in [3.05, 3.63) is 17.1 Å². The first-order valence-electron chi connectivity index (χ1n) is 7.40. The third kappa shape index (κ3) is 3.66. The van der Waals surface area contributed by atoms with Crippen LogP contribution in [0.4, 0.5) is 5.82 Å². The molecular weight excluding hydrogens is 238 g/mol. The molecule has 2 rings (SSSR count). The van der Waals surface area contributed by atoms with E-state index in [-0.39, 0.29) is 6.10 Å². The Kier molecular flexibility index (Phi) is 5.14. The van der Waals surface area contributed by atoms with Crippen LogP contribution < -0.4 is 5.32 Å². The third-order valence-corrected chi connectivity index (χ3v) is 3.70. The van der Waals surface area contributed by atoms with Gasteiger partial charge in [-0.2, -0.15) is 0 Å². The normalized spacial score (nSPS) is 16.6. The number of rotatable bonds is 5. The fourth-order valence-electron chi connectivity index (χ4n) is 2.57. The van der Waals surface area contributed by atoms with Crippen molar-refractivity contribution in [1.82, 2.24) is 9.97 Å². The highest BCUT2D eigenvalue weighted by molar-refractivity contribution is 5.47. The summed E-state index contributed by atoms with van der Waals surface area (Å²) < 4.78 is 5.32. The van der Waals surface area contributed by atoms with Crippen LogP contribution in [0.2, 0.25) is 0 Å². The van der Waals surface area contributed by atoms with Crippen LogP contribution in [0.1, 0.15) is 50.2 Å². The van der Waals surface area contributed by atoms with Crippen molar-refractivity contribution < 1.29 is 4.74 Å². The van der Waals surface area contributed by atoms with E-state index in [9.17, 15) is 0 Å². The molecule has 4 heteroatoms. The van der Waals surface area contributed by atoms with Crippen LogP contribution in [0, 0.1) is 0 Å². The van der Waals surface area contributed by atoms with Crippen LogP contribution >= 0.6 is 0 Å². The fourth-order valence-corrected chi connectivity index (χ4v) is 2.57. The van der Waals surface area contributed by atoms with Crippen LogP contribution in [0.3, 0.4) is 0 Å². The molecule has 4 nitrogen and oxygen atoms in total. The second-order valence-electron chi connectivity index (χ2n) is 5.26. The van der Waals surface area contributed by atoms with Gasteiger partial charge in [-0.15, -0.1) is 0 Å². The Balaban J connectivity index is 2.31. The Hall–Kier alpha value is -1.16. The van der Waals surface area contributed by atoms with Crippen molar-refractivity contribution in [2.75, 3.05) is 19.0 Å². The van der Waals surface area contributed by atoms with Gasteiger partial charge in [-0.05, 0) is 39.5 Å². The maximum absolute atomic E-state index is 5.32. The predicted octanol–water partition coefficient (Wildman–Crippen LogP) is 2.75. The first-order valence-corrected chi connectivity index (χ1v) is 7.40. The molecule has 1 N–H and O–H groups in total. The van der Waals surface area contributed by atoms with Gasteiger partial charge >= 0.3 is 0 Å². The van der Waals surface area contributed by atoms with Gasteiger partial charge in [-0.25, -0.2) is 9.97 Å². The van der Waals surface area contributed by atoms with Gasteiger partial charge in [0, 0.05) is 31.3 Å². The number of nitrogens with zero attached hydrogens (tertiary/aromatic N) is 2. The predicted molar refractivity (Wildman–Crippen MR) is 77.6 cm³/mol. The molecule has 106 valence electrons. The lowest BCUT2D eigenvalue weighted by Gasteiger charge is -2.15. The number of ether oxygens (including phenoxy) is 1. The summed E-state index contributed by atoms with van der Waals surface area (Å²) in [5, 5.41) is 3.40. The zero-order chi connectivity index (χ0) is 13.7. The molecule has 1 atom stereocenters. The topological polar surface area (TPSA) is 47.0 Å². The molecule has 0 fully saturated rings. The minimum absolute atomic E-state index is 0.165. The van der Waals surface area contributed by atoms with E-state index in [0.29, 0.717) is 0 Å². The standard InChI is InChI=1S/C15H25N3O/c1-4-16-15-12-8-6-5-7-9-13(12)17-14(18-15)10-11(2)19-3/h11H,4-10H2,1-3H3,(H,16,17,18). The summed E-state index contributed by atoms with van der Waals surface area (Å²) in [6, 6.07) is 0. The minimum Gasteiger partial charge on any atom is -0.381 e. The Bertz CT molecular complexity index is 420. The van der Waals surface area contributed by atoms with E-state index in [1.54, 1.807) is 7.11 Å². The molecule has 0 saturated carbocycles. The summed E-state index contributed by atoms with van der Waals surface area (Å²) >= 11 is 0.